The minimum atomic E-state index is -1.06. The number of carbonyl (C=O) groups is 1. The summed E-state index contributed by atoms with van der Waals surface area (Å²) in [6.07, 6.45) is 3.37. The number of halogens is 2. The SMILES string of the molecule is C[C@@H]1OCC2(CCN(c3cc(C(=O)O)c4c(-c5ccnc(Br)c5Cl)[nH]nc4n3)CC2)[C@@H]1N. The molecule has 0 amide bonds. The number of hydrogen-bond acceptors (Lipinski definition) is 7. The van der Waals surface area contributed by atoms with Crippen molar-refractivity contribution in [1.82, 2.24) is 20.2 Å². The van der Waals surface area contributed by atoms with E-state index in [4.69, 9.17) is 22.1 Å². The molecule has 2 aliphatic rings. The molecule has 32 heavy (non-hydrogen) atoms. The average Bonchev–Trinajstić information content (AvgIpc) is 3.33. The van der Waals surface area contributed by atoms with Crippen molar-refractivity contribution in [3.8, 4) is 11.3 Å². The number of hydrogen-bond donors (Lipinski definition) is 3. The van der Waals surface area contributed by atoms with E-state index in [-0.39, 0.29) is 23.1 Å². The lowest BCUT2D eigenvalue weighted by Crippen LogP contribution is -2.50. The molecule has 0 radical (unpaired) electrons. The normalized spacial score (nSPS) is 22.7. The fraction of sp³-hybridized carbons (Fsp3) is 0.429. The van der Waals surface area contributed by atoms with E-state index in [1.54, 1.807) is 18.3 Å². The molecular weight excluding hydrogens is 500 g/mol. The number of nitrogens with zero attached hydrogens (tertiary/aromatic N) is 4. The number of H-pyrrole nitrogens is 1. The van der Waals surface area contributed by atoms with E-state index in [0.29, 0.717) is 44.3 Å². The van der Waals surface area contributed by atoms with Crippen LogP contribution in [-0.2, 0) is 4.74 Å². The number of pyridine rings is 2. The standard InChI is InChI=1S/C21H22BrClN6O3/c1-10-17(24)21(9-32-10)3-6-29(7-4-21)13-8-12(20(30)31)14-16(27-28-19(14)26-13)11-2-5-25-18(22)15(11)23/h2,5,8,10,17H,3-4,6-7,9,24H2,1H3,(H,30,31)(H,26,27,28)/t10-,17+/m0/s1. The first-order valence-electron chi connectivity index (χ1n) is 10.4. The molecule has 2 fully saturated rings. The molecule has 0 bridgehead atoms. The summed E-state index contributed by atoms with van der Waals surface area (Å²) in [6, 6.07) is 3.32. The Kier molecular flexibility index (Phi) is 5.36. The number of aromatic carboxylic acids is 1. The summed E-state index contributed by atoms with van der Waals surface area (Å²) in [6.45, 7) is 4.13. The second kappa shape index (κ2) is 7.95. The van der Waals surface area contributed by atoms with Crippen LogP contribution in [0.25, 0.3) is 22.3 Å². The largest absolute Gasteiger partial charge is 0.478 e. The molecule has 2 saturated heterocycles. The third kappa shape index (κ3) is 3.37. The molecule has 5 rings (SSSR count). The summed E-state index contributed by atoms with van der Waals surface area (Å²) in [4.78, 5) is 23.1. The number of fused-ring (bicyclic) bond motifs is 1. The number of carboxylic acid groups (broad SMARTS) is 1. The van der Waals surface area contributed by atoms with Gasteiger partial charge in [0.2, 0.25) is 0 Å². The maximum absolute atomic E-state index is 12.2. The van der Waals surface area contributed by atoms with Crippen LogP contribution >= 0.6 is 27.5 Å². The number of piperidine rings is 1. The molecule has 2 aliphatic heterocycles. The molecule has 0 unspecified atom stereocenters. The van der Waals surface area contributed by atoms with E-state index in [1.807, 2.05) is 6.92 Å². The molecule has 2 atom stereocenters. The molecule has 3 aromatic rings. The number of nitrogens with one attached hydrogen (secondary N) is 1. The lowest BCUT2D eigenvalue weighted by molar-refractivity contribution is 0.0699. The van der Waals surface area contributed by atoms with Gasteiger partial charge in [-0.15, -0.1) is 0 Å². The predicted octanol–water partition coefficient (Wildman–Crippen LogP) is 3.47. The Balaban J connectivity index is 1.52. The van der Waals surface area contributed by atoms with Crippen molar-refractivity contribution in [2.45, 2.75) is 31.9 Å². The van der Waals surface area contributed by atoms with E-state index in [9.17, 15) is 9.90 Å². The maximum Gasteiger partial charge on any atom is 0.336 e. The van der Waals surface area contributed by atoms with Crippen LogP contribution in [-0.4, -0.2) is 63.1 Å². The van der Waals surface area contributed by atoms with E-state index in [0.717, 1.165) is 25.9 Å². The first-order valence-corrected chi connectivity index (χ1v) is 11.5. The summed E-state index contributed by atoms with van der Waals surface area (Å²) in [7, 11) is 0. The number of rotatable bonds is 3. The highest BCUT2D eigenvalue weighted by molar-refractivity contribution is 9.10. The van der Waals surface area contributed by atoms with Gasteiger partial charge in [0.05, 0.1) is 34.4 Å². The van der Waals surface area contributed by atoms with Crippen molar-refractivity contribution in [2.24, 2.45) is 11.1 Å². The molecular formula is C21H22BrClN6O3. The van der Waals surface area contributed by atoms with Gasteiger partial charge in [-0.3, -0.25) is 5.10 Å². The Morgan fingerprint density at radius 3 is 2.84 bits per heavy atom. The van der Waals surface area contributed by atoms with E-state index >= 15 is 0 Å². The van der Waals surface area contributed by atoms with Crippen LogP contribution in [0.4, 0.5) is 5.82 Å². The van der Waals surface area contributed by atoms with Crippen LogP contribution in [0, 0.1) is 5.41 Å². The number of anilines is 1. The molecule has 0 saturated carbocycles. The Hall–Kier alpha value is -2.27. The third-order valence-corrected chi connectivity index (χ3v) is 8.00. The first kappa shape index (κ1) is 21.6. The Morgan fingerprint density at radius 2 is 2.19 bits per heavy atom. The smallest absolute Gasteiger partial charge is 0.336 e. The third-order valence-electron chi connectivity index (χ3n) is 6.79. The zero-order valence-corrected chi connectivity index (χ0v) is 19.7. The van der Waals surface area contributed by atoms with Crippen molar-refractivity contribution in [3.63, 3.8) is 0 Å². The molecule has 5 heterocycles. The van der Waals surface area contributed by atoms with Crippen LogP contribution in [0.1, 0.15) is 30.1 Å². The number of ether oxygens (including phenoxy) is 1. The lowest BCUT2D eigenvalue weighted by Gasteiger charge is -2.41. The van der Waals surface area contributed by atoms with E-state index < -0.39 is 5.97 Å². The van der Waals surface area contributed by atoms with Crippen LogP contribution in [0.15, 0.2) is 22.9 Å². The van der Waals surface area contributed by atoms with Crippen LogP contribution in [0.2, 0.25) is 5.02 Å². The highest BCUT2D eigenvalue weighted by Gasteiger charge is 2.47. The molecule has 9 nitrogen and oxygen atoms in total. The van der Waals surface area contributed by atoms with Crippen molar-refractivity contribution in [3.05, 3.63) is 33.5 Å². The monoisotopic (exact) mass is 520 g/mol. The number of aromatic amines is 1. The predicted molar refractivity (Wildman–Crippen MR) is 124 cm³/mol. The zero-order chi connectivity index (χ0) is 22.6. The Morgan fingerprint density at radius 1 is 1.44 bits per heavy atom. The van der Waals surface area contributed by atoms with Crippen molar-refractivity contribution < 1.29 is 14.6 Å². The minimum Gasteiger partial charge on any atom is -0.478 e. The minimum absolute atomic E-state index is 0.00741. The quantitative estimate of drug-likeness (QED) is 0.447. The summed E-state index contributed by atoms with van der Waals surface area (Å²) in [5.74, 6) is -0.468. The van der Waals surface area contributed by atoms with Crippen molar-refractivity contribution in [2.75, 3.05) is 24.6 Å². The average molecular weight is 522 g/mol. The fourth-order valence-corrected chi connectivity index (χ4v) is 5.34. The van der Waals surface area contributed by atoms with Crippen molar-refractivity contribution in [1.29, 1.82) is 0 Å². The van der Waals surface area contributed by atoms with Gasteiger partial charge in [0, 0.05) is 36.3 Å². The summed E-state index contributed by atoms with van der Waals surface area (Å²) in [5, 5.41) is 18.0. The summed E-state index contributed by atoms with van der Waals surface area (Å²) < 4.78 is 6.27. The van der Waals surface area contributed by atoms with Gasteiger partial charge in [0.1, 0.15) is 10.4 Å². The van der Waals surface area contributed by atoms with Gasteiger partial charge in [0.15, 0.2) is 5.65 Å². The van der Waals surface area contributed by atoms with Crippen LogP contribution in [0.3, 0.4) is 0 Å². The zero-order valence-electron chi connectivity index (χ0n) is 17.3. The van der Waals surface area contributed by atoms with Crippen LogP contribution in [0.5, 0.6) is 0 Å². The fourth-order valence-electron chi connectivity index (χ4n) is 4.80. The van der Waals surface area contributed by atoms with Gasteiger partial charge in [0.25, 0.3) is 0 Å². The molecule has 0 aromatic carbocycles. The Bertz CT molecular complexity index is 1210. The second-order valence-electron chi connectivity index (χ2n) is 8.49. The number of carboxylic acids is 1. The Labute approximate surface area is 197 Å². The molecule has 168 valence electrons. The van der Waals surface area contributed by atoms with Crippen molar-refractivity contribution >= 4 is 50.4 Å². The van der Waals surface area contributed by atoms with E-state index in [2.05, 4.69) is 41.0 Å². The second-order valence-corrected chi connectivity index (χ2v) is 9.61. The highest BCUT2D eigenvalue weighted by Crippen LogP contribution is 2.42. The van der Waals surface area contributed by atoms with Gasteiger partial charge >= 0.3 is 5.97 Å². The molecule has 4 N–H and O–H groups in total. The maximum atomic E-state index is 12.2. The number of nitrogens with two attached hydrogens (primary N) is 1. The topological polar surface area (TPSA) is 130 Å². The lowest BCUT2D eigenvalue weighted by atomic mass is 9.73. The molecule has 11 heteroatoms. The van der Waals surface area contributed by atoms with Gasteiger partial charge in [-0.25, -0.2) is 14.8 Å². The first-order chi connectivity index (χ1) is 15.3. The molecule has 1 spiro atoms. The highest BCUT2D eigenvalue weighted by atomic mass is 79.9. The van der Waals surface area contributed by atoms with Gasteiger partial charge in [-0.1, -0.05) is 11.6 Å². The molecule has 3 aromatic heterocycles. The number of aromatic nitrogens is 4. The van der Waals surface area contributed by atoms with Crippen LogP contribution < -0.4 is 10.6 Å². The van der Waals surface area contributed by atoms with Gasteiger partial charge < -0.3 is 20.5 Å². The summed E-state index contributed by atoms with van der Waals surface area (Å²) in [5.41, 5.74) is 7.93. The van der Waals surface area contributed by atoms with E-state index in [1.165, 1.54) is 0 Å². The van der Waals surface area contributed by atoms with Gasteiger partial charge in [-0.05, 0) is 47.8 Å². The van der Waals surface area contributed by atoms with Gasteiger partial charge in [-0.2, -0.15) is 5.10 Å². The summed E-state index contributed by atoms with van der Waals surface area (Å²) >= 11 is 9.70. The molecule has 0 aliphatic carbocycles.